The molecule has 0 bridgehead atoms. The maximum atomic E-state index is 2.51. The molecular formula is C32H58S3. The fourth-order valence-corrected chi connectivity index (χ4v) is 12.9. The average molecular weight is 539 g/mol. The molecule has 1 aliphatic rings. The van der Waals surface area contributed by atoms with E-state index in [4.69, 9.17) is 0 Å². The van der Waals surface area contributed by atoms with E-state index in [0.29, 0.717) is 0 Å². The van der Waals surface area contributed by atoms with Gasteiger partial charge in [-0.15, -0.1) is 22.7 Å². The van der Waals surface area contributed by atoms with Crippen LogP contribution >= 0.6 is 32.7 Å². The standard InChI is InChI=1S/C28H46S3.2C2H6/c1-21(2)9-7-11-23(5)15-19-31(20-16-24(6)12-8-10-22(3)4)25-13-17-29-27(25)28-26(31)14-18-30-28;2*1-2/h13-14,17-18,21-24H,7-12,15-16,19-20H2,1-6H3;2*1-2H3. The van der Waals surface area contributed by atoms with Crippen molar-refractivity contribution in [1.29, 1.82) is 0 Å². The second kappa shape index (κ2) is 17.3. The molecule has 204 valence electrons. The quantitative estimate of drug-likeness (QED) is 0.224. The molecule has 0 saturated carbocycles. The van der Waals surface area contributed by atoms with Gasteiger partial charge in [-0.25, -0.2) is 0 Å². The van der Waals surface area contributed by atoms with Gasteiger partial charge in [-0.3, -0.25) is 0 Å². The highest BCUT2D eigenvalue weighted by atomic mass is 32.3. The normalized spacial score (nSPS) is 16.0. The first-order chi connectivity index (χ1) is 16.8. The molecule has 2 atom stereocenters. The lowest BCUT2D eigenvalue weighted by Crippen LogP contribution is -2.13. The molecule has 2 unspecified atom stereocenters. The predicted molar refractivity (Wildman–Crippen MR) is 169 cm³/mol. The third-order valence-electron chi connectivity index (χ3n) is 7.18. The number of rotatable bonds is 14. The van der Waals surface area contributed by atoms with Crippen LogP contribution in [0.3, 0.4) is 0 Å². The van der Waals surface area contributed by atoms with Gasteiger partial charge in [0.05, 0.1) is 9.75 Å². The number of fused-ring (bicyclic) bond motifs is 3. The summed E-state index contributed by atoms with van der Waals surface area (Å²) < 4.78 is 0. The second-order valence-corrected chi connectivity index (χ2v) is 16.3. The summed E-state index contributed by atoms with van der Waals surface area (Å²) in [4.78, 5) is 6.76. The van der Waals surface area contributed by atoms with Crippen LogP contribution in [-0.4, -0.2) is 11.5 Å². The summed E-state index contributed by atoms with van der Waals surface area (Å²) in [5, 5.41) is 4.74. The maximum Gasteiger partial charge on any atom is 0.0577 e. The molecule has 0 saturated heterocycles. The zero-order chi connectivity index (χ0) is 26.4. The van der Waals surface area contributed by atoms with Gasteiger partial charge in [-0.05, 0) is 70.9 Å². The zero-order valence-corrected chi connectivity index (χ0v) is 27.4. The molecule has 1 aliphatic heterocycles. The van der Waals surface area contributed by atoms with Crippen molar-refractivity contribution in [2.24, 2.45) is 23.7 Å². The molecule has 35 heavy (non-hydrogen) atoms. The first kappa shape index (κ1) is 32.8. The SMILES string of the molecule is CC.CC.CC(C)CCCC(C)CCS1(CCC(C)CCCC(C)C)c2ccsc2-c2sccc21. The third-order valence-corrected chi connectivity index (χ3v) is 13.7. The monoisotopic (exact) mass is 538 g/mol. The van der Waals surface area contributed by atoms with Gasteiger partial charge in [0.1, 0.15) is 0 Å². The van der Waals surface area contributed by atoms with Crippen LogP contribution in [0.4, 0.5) is 0 Å². The van der Waals surface area contributed by atoms with E-state index < -0.39 is 10.0 Å². The Hall–Kier alpha value is -0.250. The van der Waals surface area contributed by atoms with E-state index in [1.54, 1.807) is 19.5 Å². The van der Waals surface area contributed by atoms with Crippen molar-refractivity contribution in [2.75, 3.05) is 11.5 Å². The molecule has 2 aromatic heterocycles. The zero-order valence-electron chi connectivity index (χ0n) is 24.9. The molecule has 0 nitrogen and oxygen atoms in total. The highest BCUT2D eigenvalue weighted by molar-refractivity contribution is 8.34. The van der Waals surface area contributed by atoms with E-state index in [-0.39, 0.29) is 0 Å². The summed E-state index contributed by atoms with van der Waals surface area (Å²) >= 11 is 3.99. The van der Waals surface area contributed by atoms with E-state index in [0.717, 1.165) is 23.7 Å². The van der Waals surface area contributed by atoms with Crippen LogP contribution in [0.15, 0.2) is 32.7 Å². The third kappa shape index (κ3) is 9.53. The first-order valence-electron chi connectivity index (χ1n) is 14.8. The summed E-state index contributed by atoms with van der Waals surface area (Å²) in [6, 6.07) is 5.02. The fraction of sp³-hybridized carbons (Fsp3) is 0.750. The Morgan fingerprint density at radius 1 is 0.571 bits per heavy atom. The molecule has 0 fully saturated rings. The molecule has 3 heteroatoms. The van der Waals surface area contributed by atoms with Crippen molar-refractivity contribution >= 4 is 32.7 Å². The number of hydrogen-bond donors (Lipinski definition) is 0. The number of thiophene rings is 2. The smallest absolute Gasteiger partial charge is 0.0577 e. The summed E-state index contributed by atoms with van der Waals surface area (Å²) in [6.45, 7) is 22.5. The number of hydrogen-bond acceptors (Lipinski definition) is 2. The summed E-state index contributed by atoms with van der Waals surface area (Å²) in [7, 11) is -0.845. The molecule has 0 aliphatic carbocycles. The van der Waals surface area contributed by atoms with Gasteiger partial charge in [0.25, 0.3) is 0 Å². The minimum absolute atomic E-state index is 0.845. The summed E-state index contributed by atoms with van der Waals surface area (Å²) in [5.41, 5.74) is 0. The summed E-state index contributed by atoms with van der Waals surface area (Å²) in [6.07, 6.45) is 11.2. The van der Waals surface area contributed by atoms with Crippen molar-refractivity contribution < 1.29 is 0 Å². The molecule has 0 aromatic carbocycles. The van der Waals surface area contributed by atoms with Crippen LogP contribution in [0.1, 0.15) is 121 Å². The van der Waals surface area contributed by atoms with Crippen molar-refractivity contribution in [3.8, 4) is 9.75 Å². The molecule has 0 amide bonds. The van der Waals surface area contributed by atoms with Gasteiger partial charge in [0.2, 0.25) is 0 Å². The fourth-order valence-electron chi connectivity index (χ4n) is 5.04. The van der Waals surface area contributed by atoms with E-state index >= 15 is 0 Å². The van der Waals surface area contributed by atoms with Crippen LogP contribution in [0.5, 0.6) is 0 Å². The molecule has 0 N–H and O–H groups in total. The summed E-state index contributed by atoms with van der Waals surface area (Å²) in [5.74, 6) is 6.24. The Balaban J connectivity index is 0.00000145. The Labute approximate surface area is 230 Å². The Bertz CT molecular complexity index is 716. The van der Waals surface area contributed by atoms with Crippen molar-refractivity contribution in [3.63, 3.8) is 0 Å². The first-order valence-corrected chi connectivity index (χ1v) is 18.5. The topological polar surface area (TPSA) is 0 Å². The largest absolute Gasteiger partial charge is 0.185 e. The second-order valence-electron chi connectivity index (χ2n) is 11.0. The highest BCUT2D eigenvalue weighted by Gasteiger charge is 2.40. The van der Waals surface area contributed by atoms with Gasteiger partial charge >= 0.3 is 0 Å². The lowest BCUT2D eigenvalue weighted by atomic mass is 9.98. The van der Waals surface area contributed by atoms with Gasteiger partial charge in [-0.2, -0.15) is 10.0 Å². The lowest BCUT2D eigenvalue weighted by Gasteiger charge is -2.39. The van der Waals surface area contributed by atoms with Crippen molar-refractivity contribution in [1.82, 2.24) is 0 Å². The molecule has 0 spiro atoms. The van der Waals surface area contributed by atoms with Crippen LogP contribution in [0.25, 0.3) is 9.75 Å². The van der Waals surface area contributed by atoms with Gasteiger partial charge in [0.15, 0.2) is 0 Å². The van der Waals surface area contributed by atoms with Crippen LogP contribution in [0.2, 0.25) is 0 Å². The van der Waals surface area contributed by atoms with Crippen LogP contribution in [0, 0.1) is 23.7 Å². The maximum absolute atomic E-state index is 2.51. The Morgan fingerprint density at radius 2 is 0.943 bits per heavy atom. The van der Waals surface area contributed by atoms with Crippen LogP contribution in [-0.2, 0) is 0 Å². The van der Waals surface area contributed by atoms with E-state index in [9.17, 15) is 0 Å². The Morgan fingerprint density at radius 3 is 1.29 bits per heavy atom. The average Bonchev–Trinajstić information content (AvgIpc) is 3.55. The van der Waals surface area contributed by atoms with E-state index in [1.807, 2.05) is 50.4 Å². The van der Waals surface area contributed by atoms with E-state index in [1.165, 1.54) is 62.9 Å². The molecule has 3 rings (SSSR count). The van der Waals surface area contributed by atoms with Crippen molar-refractivity contribution in [3.05, 3.63) is 22.9 Å². The lowest BCUT2D eigenvalue weighted by molar-refractivity contribution is 0.447. The minimum Gasteiger partial charge on any atom is -0.185 e. The van der Waals surface area contributed by atoms with Gasteiger partial charge in [-0.1, -0.05) is 108 Å². The molecule has 2 aromatic rings. The van der Waals surface area contributed by atoms with E-state index in [2.05, 4.69) is 64.4 Å². The van der Waals surface area contributed by atoms with Gasteiger partial charge < -0.3 is 0 Å². The minimum atomic E-state index is -0.845. The molecular weight excluding hydrogens is 481 g/mol. The van der Waals surface area contributed by atoms with Gasteiger partial charge in [0, 0.05) is 9.79 Å². The van der Waals surface area contributed by atoms with Crippen molar-refractivity contribution in [2.45, 2.75) is 130 Å². The Kier molecular flexibility index (Phi) is 16.2. The molecule has 3 heterocycles. The molecule has 0 radical (unpaired) electrons. The van der Waals surface area contributed by atoms with Crippen LogP contribution < -0.4 is 0 Å². The predicted octanol–water partition coefficient (Wildman–Crippen LogP) is 12.8. The highest BCUT2D eigenvalue weighted by Crippen LogP contribution is 2.74.